The van der Waals surface area contributed by atoms with Gasteiger partial charge >= 0.3 is 0 Å². The molecule has 0 bridgehead atoms. The van der Waals surface area contributed by atoms with Gasteiger partial charge < -0.3 is 14.2 Å². The predicted octanol–water partition coefficient (Wildman–Crippen LogP) is 4.07. The Morgan fingerprint density at radius 3 is 2.10 bits per heavy atom. The van der Waals surface area contributed by atoms with Crippen LogP contribution in [0.1, 0.15) is 10.4 Å². The molecule has 5 heteroatoms. The Kier molecular flexibility index (Phi) is 4.63. The van der Waals surface area contributed by atoms with Crippen LogP contribution in [-0.2, 0) is 0 Å². The van der Waals surface area contributed by atoms with Crippen molar-refractivity contribution < 1.29 is 19.0 Å². The molecule has 0 unspecified atom stereocenters. The van der Waals surface area contributed by atoms with Crippen LogP contribution in [-0.4, -0.2) is 20.5 Å². The zero-order valence-electron chi connectivity index (χ0n) is 11.1. The van der Waals surface area contributed by atoms with Crippen molar-refractivity contribution in [3.63, 3.8) is 0 Å². The summed E-state index contributed by atoms with van der Waals surface area (Å²) in [6, 6.07) is 10.5. The summed E-state index contributed by atoms with van der Waals surface area (Å²) >= 11 is 3.36. The van der Waals surface area contributed by atoms with Gasteiger partial charge in [0.15, 0.2) is 6.29 Å². The summed E-state index contributed by atoms with van der Waals surface area (Å²) in [5.41, 5.74) is 0.367. The van der Waals surface area contributed by atoms with Crippen LogP contribution in [0.2, 0.25) is 0 Å². The molecule has 0 aromatic heterocycles. The van der Waals surface area contributed by atoms with Crippen LogP contribution in [0.15, 0.2) is 40.9 Å². The highest BCUT2D eigenvalue weighted by molar-refractivity contribution is 9.10. The van der Waals surface area contributed by atoms with Crippen molar-refractivity contribution >= 4 is 22.2 Å². The molecule has 0 spiro atoms. The minimum Gasteiger partial charge on any atom is -0.497 e. The number of carbonyl (C=O) groups is 1. The van der Waals surface area contributed by atoms with Crippen LogP contribution in [0, 0.1) is 0 Å². The summed E-state index contributed by atoms with van der Waals surface area (Å²) in [5, 5.41) is 0. The van der Waals surface area contributed by atoms with Gasteiger partial charge in [-0.3, -0.25) is 4.79 Å². The lowest BCUT2D eigenvalue weighted by molar-refractivity contribution is 0.111. The first-order chi connectivity index (χ1) is 9.67. The summed E-state index contributed by atoms with van der Waals surface area (Å²) in [4.78, 5) is 11.2. The smallest absolute Gasteiger partial charge is 0.157 e. The first kappa shape index (κ1) is 14.4. The highest BCUT2D eigenvalue weighted by Crippen LogP contribution is 2.34. The maximum Gasteiger partial charge on any atom is 0.157 e. The Labute approximate surface area is 125 Å². The molecule has 0 amide bonds. The number of methoxy groups -OCH3 is 2. The SMILES string of the molecule is COc1ccc(Oc2cc(Br)cc(OC)c2C=O)cc1. The van der Waals surface area contributed by atoms with Crippen molar-refractivity contribution in [2.24, 2.45) is 0 Å². The van der Waals surface area contributed by atoms with E-state index in [1.165, 1.54) is 7.11 Å². The molecular weight excluding hydrogens is 324 g/mol. The highest BCUT2D eigenvalue weighted by atomic mass is 79.9. The lowest BCUT2D eigenvalue weighted by Crippen LogP contribution is -1.95. The lowest BCUT2D eigenvalue weighted by atomic mass is 10.2. The second kappa shape index (κ2) is 6.43. The van der Waals surface area contributed by atoms with E-state index in [0.717, 1.165) is 10.2 Å². The molecule has 104 valence electrons. The Bertz CT molecular complexity index is 608. The van der Waals surface area contributed by atoms with E-state index in [4.69, 9.17) is 14.2 Å². The fourth-order valence-electron chi connectivity index (χ4n) is 1.71. The minimum absolute atomic E-state index is 0.367. The number of hydrogen-bond donors (Lipinski definition) is 0. The average Bonchev–Trinajstić information content (AvgIpc) is 2.47. The van der Waals surface area contributed by atoms with E-state index in [1.54, 1.807) is 43.5 Å². The molecule has 0 radical (unpaired) electrons. The molecule has 0 aliphatic rings. The summed E-state index contributed by atoms with van der Waals surface area (Å²) in [6.07, 6.45) is 0.712. The van der Waals surface area contributed by atoms with Gasteiger partial charge in [0.05, 0.1) is 19.8 Å². The van der Waals surface area contributed by atoms with E-state index in [-0.39, 0.29) is 0 Å². The summed E-state index contributed by atoms with van der Waals surface area (Å²) < 4.78 is 16.7. The van der Waals surface area contributed by atoms with E-state index < -0.39 is 0 Å². The third-order valence-electron chi connectivity index (χ3n) is 2.69. The number of halogens is 1. The van der Waals surface area contributed by atoms with Crippen LogP contribution in [0.25, 0.3) is 0 Å². The standard InChI is InChI=1S/C15H13BrO4/c1-18-11-3-5-12(6-4-11)20-15-8-10(16)7-14(19-2)13(15)9-17/h3-9H,1-2H3. The van der Waals surface area contributed by atoms with Crippen molar-refractivity contribution in [2.45, 2.75) is 0 Å². The molecule has 0 atom stereocenters. The van der Waals surface area contributed by atoms with E-state index in [0.29, 0.717) is 29.1 Å². The van der Waals surface area contributed by atoms with Crippen LogP contribution >= 0.6 is 15.9 Å². The molecule has 0 saturated carbocycles. The molecule has 20 heavy (non-hydrogen) atoms. The second-order valence-electron chi connectivity index (χ2n) is 3.92. The molecule has 0 aliphatic carbocycles. The molecule has 0 N–H and O–H groups in total. The second-order valence-corrected chi connectivity index (χ2v) is 4.83. The Balaban J connectivity index is 2.36. The lowest BCUT2D eigenvalue weighted by Gasteiger charge is -2.12. The van der Waals surface area contributed by atoms with Crippen LogP contribution in [0.5, 0.6) is 23.0 Å². The Morgan fingerprint density at radius 1 is 0.950 bits per heavy atom. The monoisotopic (exact) mass is 336 g/mol. The summed E-state index contributed by atoms with van der Waals surface area (Å²) in [7, 11) is 3.10. The average molecular weight is 337 g/mol. The van der Waals surface area contributed by atoms with Gasteiger partial charge in [-0.05, 0) is 36.4 Å². The maximum absolute atomic E-state index is 11.2. The number of hydrogen-bond acceptors (Lipinski definition) is 4. The van der Waals surface area contributed by atoms with Gasteiger partial charge in [0, 0.05) is 4.47 Å². The number of rotatable bonds is 5. The van der Waals surface area contributed by atoms with Crippen molar-refractivity contribution in [1.29, 1.82) is 0 Å². The highest BCUT2D eigenvalue weighted by Gasteiger charge is 2.12. The molecule has 0 heterocycles. The van der Waals surface area contributed by atoms with Crippen molar-refractivity contribution in [3.8, 4) is 23.0 Å². The van der Waals surface area contributed by atoms with Gasteiger partial charge in [-0.25, -0.2) is 0 Å². The largest absolute Gasteiger partial charge is 0.497 e. The zero-order chi connectivity index (χ0) is 14.5. The van der Waals surface area contributed by atoms with Crippen LogP contribution < -0.4 is 14.2 Å². The molecule has 4 nitrogen and oxygen atoms in total. The predicted molar refractivity (Wildman–Crippen MR) is 79.1 cm³/mol. The molecule has 2 rings (SSSR count). The first-order valence-electron chi connectivity index (χ1n) is 5.82. The fourth-order valence-corrected chi connectivity index (χ4v) is 2.13. The van der Waals surface area contributed by atoms with Crippen molar-refractivity contribution in [3.05, 3.63) is 46.4 Å². The van der Waals surface area contributed by atoms with E-state index in [2.05, 4.69) is 15.9 Å². The number of aldehydes is 1. The third kappa shape index (κ3) is 3.11. The van der Waals surface area contributed by atoms with Gasteiger partial charge in [0.25, 0.3) is 0 Å². The number of ether oxygens (including phenoxy) is 3. The normalized spacial score (nSPS) is 9.95. The Hall–Kier alpha value is -2.01. The van der Waals surface area contributed by atoms with E-state index in [1.807, 2.05) is 0 Å². The maximum atomic E-state index is 11.2. The molecule has 0 aliphatic heterocycles. The van der Waals surface area contributed by atoms with Gasteiger partial charge in [0.1, 0.15) is 23.0 Å². The van der Waals surface area contributed by atoms with Gasteiger partial charge in [-0.15, -0.1) is 0 Å². The minimum atomic E-state index is 0.367. The topological polar surface area (TPSA) is 44.8 Å². The van der Waals surface area contributed by atoms with Gasteiger partial charge in [0.2, 0.25) is 0 Å². The fraction of sp³-hybridized carbons (Fsp3) is 0.133. The third-order valence-corrected chi connectivity index (χ3v) is 3.15. The van der Waals surface area contributed by atoms with Crippen molar-refractivity contribution in [1.82, 2.24) is 0 Å². The first-order valence-corrected chi connectivity index (χ1v) is 6.62. The van der Waals surface area contributed by atoms with Gasteiger partial charge in [-0.1, -0.05) is 15.9 Å². The Morgan fingerprint density at radius 2 is 1.55 bits per heavy atom. The van der Waals surface area contributed by atoms with E-state index in [9.17, 15) is 4.79 Å². The van der Waals surface area contributed by atoms with Crippen molar-refractivity contribution in [2.75, 3.05) is 14.2 Å². The summed E-state index contributed by atoms with van der Waals surface area (Å²) in [5.74, 6) is 2.23. The zero-order valence-corrected chi connectivity index (χ0v) is 12.6. The summed E-state index contributed by atoms with van der Waals surface area (Å²) in [6.45, 7) is 0. The number of carbonyl (C=O) groups excluding carboxylic acids is 1. The molecular formula is C15H13BrO4. The van der Waals surface area contributed by atoms with Crippen LogP contribution in [0.4, 0.5) is 0 Å². The number of benzene rings is 2. The quantitative estimate of drug-likeness (QED) is 0.772. The molecule has 2 aromatic carbocycles. The molecule has 0 saturated heterocycles. The van der Waals surface area contributed by atoms with E-state index >= 15 is 0 Å². The van der Waals surface area contributed by atoms with Crippen LogP contribution in [0.3, 0.4) is 0 Å². The molecule has 2 aromatic rings. The molecule has 0 fully saturated rings. The van der Waals surface area contributed by atoms with Gasteiger partial charge in [-0.2, -0.15) is 0 Å².